The van der Waals surface area contributed by atoms with Gasteiger partial charge in [-0.15, -0.1) is 0 Å². The van der Waals surface area contributed by atoms with Gasteiger partial charge in [0.05, 0.1) is 0 Å². The van der Waals surface area contributed by atoms with E-state index in [2.05, 4.69) is 37.8 Å². The van der Waals surface area contributed by atoms with Crippen LogP contribution in [0.4, 0.5) is 0 Å². The van der Waals surface area contributed by atoms with Gasteiger partial charge in [-0.05, 0) is 37.8 Å². The zero-order chi connectivity index (χ0) is 9.94. The second kappa shape index (κ2) is 10.4. The highest BCUT2D eigenvalue weighted by Gasteiger charge is 1.98. The molecule has 0 rings (SSSR count). The van der Waals surface area contributed by atoms with Crippen LogP contribution in [0.25, 0.3) is 0 Å². The Kier molecular flexibility index (Phi) is 10.6. The van der Waals surface area contributed by atoms with Crippen LogP contribution in [0.1, 0.15) is 46.5 Å². The lowest BCUT2D eigenvalue weighted by molar-refractivity contribution is 0.556. The van der Waals surface area contributed by atoms with Crippen molar-refractivity contribution in [1.29, 1.82) is 0 Å². The predicted octanol–water partition coefficient (Wildman–Crippen LogP) is 3.30. The standard InChI is InChI=1S/C11H25NS/c1-4-6-7-9-13-10-8-11(3)12-5-2/h11-12H,4-10H2,1-3H3. The van der Waals surface area contributed by atoms with E-state index in [-0.39, 0.29) is 0 Å². The Labute approximate surface area is 88.1 Å². The summed E-state index contributed by atoms with van der Waals surface area (Å²) in [6.07, 6.45) is 5.45. The highest BCUT2D eigenvalue weighted by molar-refractivity contribution is 7.99. The van der Waals surface area contributed by atoms with Crippen molar-refractivity contribution in [3.63, 3.8) is 0 Å². The molecule has 0 bridgehead atoms. The molecule has 0 aliphatic heterocycles. The van der Waals surface area contributed by atoms with Crippen LogP contribution in [0.2, 0.25) is 0 Å². The third-order valence-corrected chi connectivity index (χ3v) is 3.24. The maximum absolute atomic E-state index is 3.43. The summed E-state index contributed by atoms with van der Waals surface area (Å²) in [4.78, 5) is 0. The molecule has 0 aromatic heterocycles. The van der Waals surface area contributed by atoms with Crippen LogP contribution in [-0.4, -0.2) is 24.1 Å². The first-order valence-corrected chi connectivity index (χ1v) is 6.77. The lowest BCUT2D eigenvalue weighted by Crippen LogP contribution is -2.25. The summed E-state index contributed by atoms with van der Waals surface area (Å²) >= 11 is 2.11. The number of unbranched alkanes of at least 4 members (excludes halogenated alkanes) is 2. The molecule has 0 aromatic carbocycles. The minimum atomic E-state index is 0.698. The largest absolute Gasteiger partial charge is 0.315 e. The van der Waals surface area contributed by atoms with Crippen LogP contribution >= 0.6 is 11.8 Å². The Morgan fingerprint density at radius 2 is 1.92 bits per heavy atom. The van der Waals surface area contributed by atoms with Gasteiger partial charge in [0.15, 0.2) is 0 Å². The summed E-state index contributed by atoms with van der Waals surface area (Å²) in [5, 5.41) is 3.43. The van der Waals surface area contributed by atoms with Gasteiger partial charge in [-0.3, -0.25) is 0 Å². The molecule has 0 fully saturated rings. The van der Waals surface area contributed by atoms with Crippen LogP contribution in [0.3, 0.4) is 0 Å². The van der Waals surface area contributed by atoms with Crippen molar-refractivity contribution in [2.45, 2.75) is 52.5 Å². The molecule has 0 aromatic rings. The van der Waals surface area contributed by atoms with E-state index in [1.807, 2.05) is 0 Å². The number of rotatable bonds is 9. The molecule has 1 atom stereocenters. The zero-order valence-corrected chi connectivity index (χ0v) is 10.3. The van der Waals surface area contributed by atoms with Gasteiger partial charge >= 0.3 is 0 Å². The van der Waals surface area contributed by atoms with Crippen molar-refractivity contribution in [3.05, 3.63) is 0 Å². The lowest BCUT2D eigenvalue weighted by atomic mass is 10.3. The smallest absolute Gasteiger partial charge is 0.00464 e. The lowest BCUT2D eigenvalue weighted by Gasteiger charge is -2.11. The summed E-state index contributed by atoms with van der Waals surface area (Å²) in [5.74, 6) is 2.67. The number of hydrogen-bond donors (Lipinski definition) is 1. The maximum Gasteiger partial charge on any atom is 0.00464 e. The SMILES string of the molecule is CCCCCSCCC(C)NCC. The first-order valence-electron chi connectivity index (χ1n) is 5.62. The Hall–Kier alpha value is 0.310. The van der Waals surface area contributed by atoms with Gasteiger partial charge < -0.3 is 5.32 Å². The molecular weight excluding hydrogens is 178 g/mol. The van der Waals surface area contributed by atoms with Crippen LogP contribution in [0, 0.1) is 0 Å². The highest BCUT2D eigenvalue weighted by atomic mass is 32.2. The van der Waals surface area contributed by atoms with Gasteiger partial charge in [0.25, 0.3) is 0 Å². The number of hydrogen-bond acceptors (Lipinski definition) is 2. The van der Waals surface area contributed by atoms with Crippen LogP contribution in [0.15, 0.2) is 0 Å². The predicted molar refractivity (Wildman–Crippen MR) is 64.6 cm³/mol. The molecule has 1 nitrogen and oxygen atoms in total. The third kappa shape index (κ3) is 10.2. The van der Waals surface area contributed by atoms with Gasteiger partial charge in [-0.25, -0.2) is 0 Å². The summed E-state index contributed by atoms with van der Waals surface area (Å²) in [6.45, 7) is 7.81. The van der Waals surface area contributed by atoms with E-state index in [9.17, 15) is 0 Å². The van der Waals surface area contributed by atoms with Gasteiger partial charge in [-0.2, -0.15) is 11.8 Å². The molecule has 0 radical (unpaired) electrons. The summed E-state index contributed by atoms with van der Waals surface area (Å²) in [7, 11) is 0. The Balaban J connectivity index is 2.97. The molecule has 2 heteroatoms. The fraction of sp³-hybridized carbons (Fsp3) is 1.00. The first kappa shape index (κ1) is 13.3. The zero-order valence-electron chi connectivity index (χ0n) is 9.44. The van der Waals surface area contributed by atoms with Gasteiger partial charge in [0, 0.05) is 6.04 Å². The summed E-state index contributed by atoms with van der Waals surface area (Å²) in [6, 6.07) is 0.698. The maximum atomic E-state index is 3.43. The normalized spacial score (nSPS) is 13.2. The van der Waals surface area contributed by atoms with Crippen molar-refractivity contribution in [2.75, 3.05) is 18.1 Å². The quantitative estimate of drug-likeness (QED) is 0.577. The highest BCUT2D eigenvalue weighted by Crippen LogP contribution is 2.08. The molecule has 0 heterocycles. The van der Waals surface area contributed by atoms with E-state index < -0.39 is 0 Å². The minimum absolute atomic E-state index is 0.698. The molecule has 0 aliphatic carbocycles. The average Bonchev–Trinajstić information content (AvgIpc) is 2.11. The first-order chi connectivity index (χ1) is 6.31. The van der Waals surface area contributed by atoms with Gasteiger partial charge in [0.2, 0.25) is 0 Å². The van der Waals surface area contributed by atoms with Gasteiger partial charge in [0.1, 0.15) is 0 Å². The van der Waals surface area contributed by atoms with E-state index in [1.54, 1.807) is 0 Å². The van der Waals surface area contributed by atoms with Crippen LogP contribution in [0.5, 0.6) is 0 Å². The molecule has 0 amide bonds. The number of thioether (sulfide) groups is 1. The minimum Gasteiger partial charge on any atom is -0.315 e. The number of nitrogens with one attached hydrogen (secondary N) is 1. The molecule has 13 heavy (non-hydrogen) atoms. The Bertz CT molecular complexity index is 96.1. The molecule has 0 aliphatic rings. The van der Waals surface area contributed by atoms with E-state index in [4.69, 9.17) is 0 Å². The van der Waals surface area contributed by atoms with Crippen molar-refractivity contribution >= 4 is 11.8 Å². The Morgan fingerprint density at radius 1 is 1.15 bits per heavy atom. The monoisotopic (exact) mass is 203 g/mol. The van der Waals surface area contributed by atoms with Gasteiger partial charge in [-0.1, -0.05) is 26.7 Å². The van der Waals surface area contributed by atoms with Crippen molar-refractivity contribution in [3.8, 4) is 0 Å². The molecule has 1 N–H and O–H groups in total. The van der Waals surface area contributed by atoms with Crippen molar-refractivity contribution in [1.82, 2.24) is 5.32 Å². The summed E-state index contributed by atoms with van der Waals surface area (Å²) < 4.78 is 0. The van der Waals surface area contributed by atoms with Crippen molar-refractivity contribution < 1.29 is 0 Å². The third-order valence-electron chi connectivity index (χ3n) is 2.14. The van der Waals surface area contributed by atoms with Crippen LogP contribution < -0.4 is 5.32 Å². The van der Waals surface area contributed by atoms with E-state index in [0.29, 0.717) is 6.04 Å². The molecule has 1 unspecified atom stereocenters. The van der Waals surface area contributed by atoms with Crippen molar-refractivity contribution in [2.24, 2.45) is 0 Å². The van der Waals surface area contributed by atoms with E-state index in [0.717, 1.165) is 6.54 Å². The fourth-order valence-corrected chi connectivity index (χ4v) is 2.40. The Morgan fingerprint density at radius 3 is 2.54 bits per heavy atom. The molecule has 0 saturated heterocycles. The molecular formula is C11H25NS. The molecule has 0 saturated carbocycles. The van der Waals surface area contributed by atoms with E-state index in [1.165, 1.54) is 37.2 Å². The second-order valence-electron chi connectivity index (χ2n) is 3.57. The molecule has 0 spiro atoms. The topological polar surface area (TPSA) is 12.0 Å². The second-order valence-corrected chi connectivity index (χ2v) is 4.79. The molecule has 80 valence electrons. The average molecular weight is 203 g/mol. The fourth-order valence-electron chi connectivity index (χ4n) is 1.27. The summed E-state index contributed by atoms with van der Waals surface area (Å²) in [5.41, 5.74) is 0. The van der Waals surface area contributed by atoms with E-state index >= 15 is 0 Å². The van der Waals surface area contributed by atoms with Crippen LogP contribution in [-0.2, 0) is 0 Å².